The van der Waals surface area contributed by atoms with Gasteiger partial charge < -0.3 is 16.0 Å². The van der Waals surface area contributed by atoms with Crippen LogP contribution in [0.3, 0.4) is 0 Å². The van der Waals surface area contributed by atoms with Crippen molar-refractivity contribution in [3.8, 4) is 0 Å². The molecule has 0 saturated heterocycles. The van der Waals surface area contributed by atoms with Crippen LogP contribution in [-0.2, 0) is 11.3 Å². The molecule has 0 heterocycles. The molecule has 4 nitrogen and oxygen atoms in total. The Balaban J connectivity index is 1.76. The number of hydrogen-bond acceptors (Lipinski definition) is 3. The first-order valence-electron chi connectivity index (χ1n) is 7.01. The number of nitrogens with two attached hydrogens (primary N) is 1. The predicted molar refractivity (Wildman–Crippen MR) is 86.9 cm³/mol. The van der Waals surface area contributed by atoms with Crippen LogP contribution in [0.2, 0.25) is 0 Å². The van der Waals surface area contributed by atoms with Crippen LogP contribution in [-0.4, -0.2) is 24.4 Å². The second-order valence-electron chi connectivity index (χ2n) is 5.15. The smallest absolute Gasteiger partial charge is 0.225 e. The van der Waals surface area contributed by atoms with Gasteiger partial charge in [-0.2, -0.15) is 0 Å². The maximum atomic E-state index is 11.9. The zero-order chi connectivity index (χ0) is 15.1. The van der Waals surface area contributed by atoms with Crippen molar-refractivity contribution in [1.82, 2.24) is 4.90 Å². The van der Waals surface area contributed by atoms with Gasteiger partial charge in [0.05, 0.1) is 0 Å². The average Bonchev–Trinajstić information content (AvgIpc) is 2.46. The summed E-state index contributed by atoms with van der Waals surface area (Å²) in [6.07, 6.45) is 0.456. The number of rotatable bonds is 6. The van der Waals surface area contributed by atoms with E-state index in [1.165, 1.54) is 5.56 Å². The summed E-state index contributed by atoms with van der Waals surface area (Å²) in [5.74, 6) is 0.000474. The van der Waals surface area contributed by atoms with Gasteiger partial charge in [-0.25, -0.2) is 0 Å². The summed E-state index contributed by atoms with van der Waals surface area (Å²) < 4.78 is 0. The van der Waals surface area contributed by atoms with Crippen LogP contribution in [0.4, 0.5) is 11.4 Å². The first-order chi connectivity index (χ1) is 10.1. The fraction of sp³-hybridized carbons (Fsp3) is 0.235. The molecule has 110 valence electrons. The summed E-state index contributed by atoms with van der Waals surface area (Å²) >= 11 is 0. The van der Waals surface area contributed by atoms with Crippen LogP contribution < -0.4 is 11.1 Å². The molecule has 0 aliphatic rings. The Morgan fingerprint density at radius 2 is 1.90 bits per heavy atom. The average molecular weight is 283 g/mol. The highest BCUT2D eigenvalue weighted by atomic mass is 16.1. The number of anilines is 2. The fourth-order valence-corrected chi connectivity index (χ4v) is 2.11. The molecule has 0 aromatic heterocycles. The zero-order valence-corrected chi connectivity index (χ0v) is 12.3. The maximum absolute atomic E-state index is 11.9. The molecule has 0 atom stereocenters. The van der Waals surface area contributed by atoms with E-state index in [2.05, 4.69) is 22.3 Å². The lowest BCUT2D eigenvalue weighted by Gasteiger charge is -2.16. The van der Waals surface area contributed by atoms with Gasteiger partial charge in [0.25, 0.3) is 0 Å². The Morgan fingerprint density at radius 1 is 1.14 bits per heavy atom. The van der Waals surface area contributed by atoms with Crippen molar-refractivity contribution in [2.45, 2.75) is 13.0 Å². The van der Waals surface area contributed by atoms with E-state index in [0.717, 1.165) is 12.2 Å². The molecule has 0 saturated carbocycles. The van der Waals surface area contributed by atoms with Gasteiger partial charge in [0.15, 0.2) is 0 Å². The molecule has 0 radical (unpaired) electrons. The Bertz CT molecular complexity index is 584. The van der Waals surface area contributed by atoms with E-state index in [9.17, 15) is 4.79 Å². The van der Waals surface area contributed by atoms with Crippen LogP contribution in [0.1, 0.15) is 12.0 Å². The van der Waals surface area contributed by atoms with Crippen molar-refractivity contribution in [2.75, 3.05) is 24.6 Å². The second-order valence-corrected chi connectivity index (χ2v) is 5.15. The minimum Gasteiger partial charge on any atom is -0.399 e. The number of benzene rings is 2. The molecular formula is C17H21N3O. The molecule has 3 N–H and O–H groups in total. The van der Waals surface area contributed by atoms with E-state index < -0.39 is 0 Å². The largest absolute Gasteiger partial charge is 0.399 e. The highest BCUT2D eigenvalue weighted by Gasteiger charge is 2.06. The van der Waals surface area contributed by atoms with Crippen LogP contribution >= 0.6 is 0 Å². The van der Waals surface area contributed by atoms with Crippen LogP contribution in [0.25, 0.3) is 0 Å². The van der Waals surface area contributed by atoms with Crippen LogP contribution in [0.15, 0.2) is 54.6 Å². The third-order valence-corrected chi connectivity index (χ3v) is 3.19. The molecule has 21 heavy (non-hydrogen) atoms. The summed E-state index contributed by atoms with van der Waals surface area (Å²) in [6, 6.07) is 17.4. The van der Waals surface area contributed by atoms with Crippen molar-refractivity contribution in [3.63, 3.8) is 0 Å². The SMILES string of the molecule is CN(CCC(=O)Nc1cccc(N)c1)Cc1ccccc1. The van der Waals surface area contributed by atoms with Crippen molar-refractivity contribution in [2.24, 2.45) is 0 Å². The molecular weight excluding hydrogens is 262 g/mol. The zero-order valence-electron chi connectivity index (χ0n) is 12.3. The quantitative estimate of drug-likeness (QED) is 0.801. The summed E-state index contributed by atoms with van der Waals surface area (Å²) in [6.45, 7) is 1.55. The van der Waals surface area contributed by atoms with Gasteiger partial charge >= 0.3 is 0 Å². The van der Waals surface area contributed by atoms with Gasteiger partial charge in [-0.05, 0) is 30.8 Å². The monoisotopic (exact) mass is 283 g/mol. The molecule has 4 heteroatoms. The lowest BCUT2D eigenvalue weighted by Crippen LogP contribution is -2.24. The third-order valence-electron chi connectivity index (χ3n) is 3.19. The number of nitrogen functional groups attached to an aromatic ring is 1. The summed E-state index contributed by atoms with van der Waals surface area (Å²) in [7, 11) is 2.01. The predicted octanol–water partition coefficient (Wildman–Crippen LogP) is 2.73. The summed E-state index contributed by atoms with van der Waals surface area (Å²) in [4.78, 5) is 14.0. The highest BCUT2D eigenvalue weighted by molar-refractivity contribution is 5.91. The van der Waals surface area contributed by atoms with E-state index in [1.807, 2.05) is 37.4 Å². The molecule has 0 aliphatic heterocycles. The first kappa shape index (κ1) is 15.1. The second kappa shape index (κ2) is 7.45. The number of nitrogens with one attached hydrogen (secondary N) is 1. The van der Waals surface area contributed by atoms with Gasteiger partial charge in [0.2, 0.25) is 5.91 Å². The highest BCUT2D eigenvalue weighted by Crippen LogP contribution is 2.12. The number of carbonyl (C=O) groups is 1. The van der Waals surface area contributed by atoms with Gasteiger partial charge in [0.1, 0.15) is 0 Å². The molecule has 2 rings (SSSR count). The van der Waals surface area contributed by atoms with Crippen LogP contribution in [0, 0.1) is 0 Å². The van der Waals surface area contributed by atoms with E-state index >= 15 is 0 Å². The lowest BCUT2D eigenvalue weighted by molar-refractivity contribution is -0.116. The fourth-order valence-electron chi connectivity index (χ4n) is 2.11. The molecule has 0 spiro atoms. The Labute approximate surface area is 125 Å². The van der Waals surface area contributed by atoms with Crippen molar-refractivity contribution >= 4 is 17.3 Å². The van der Waals surface area contributed by atoms with Gasteiger partial charge in [-0.1, -0.05) is 36.4 Å². The lowest BCUT2D eigenvalue weighted by atomic mass is 10.2. The Kier molecular flexibility index (Phi) is 5.35. The number of hydrogen-bond donors (Lipinski definition) is 2. The third kappa shape index (κ3) is 5.28. The topological polar surface area (TPSA) is 58.4 Å². The molecule has 0 aliphatic carbocycles. The van der Waals surface area contributed by atoms with E-state index in [1.54, 1.807) is 12.1 Å². The molecule has 0 bridgehead atoms. The van der Waals surface area contributed by atoms with Crippen LogP contribution in [0.5, 0.6) is 0 Å². The van der Waals surface area contributed by atoms with E-state index in [-0.39, 0.29) is 5.91 Å². The molecule has 0 fully saturated rings. The summed E-state index contributed by atoms with van der Waals surface area (Å²) in [5, 5.41) is 2.86. The molecule has 2 aromatic carbocycles. The van der Waals surface area contributed by atoms with Crippen molar-refractivity contribution in [3.05, 3.63) is 60.2 Å². The molecule has 2 aromatic rings. The van der Waals surface area contributed by atoms with Gasteiger partial charge in [-0.15, -0.1) is 0 Å². The molecule has 1 amide bonds. The maximum Gasteiger partial charge on any atom is 0.225 e. The van der Waals surface area contributed by atoms with E-state index in [0.29, 0.717) is 18.7 Å². The number of carbonyl (C=O) groups excluding carboxylic acids is 1. The Hall–Kier alpha value is -2.33. The summed E-state index contributed by atoms with van der Waals surface area (Å²) in [5.41, 5.74) is 8.32. The minimum atomic E-state index is 0.000474. The van der Waals surface area contributed by atoms with Gasteiger partial charge in [-0.3, -0.25) is 4.79 Å². The number of amides is 1. The standard InChI is InChI=1S/C17H21N3O/c1-20(13-14-6-3-2-4-7-14)11-10-17(21)19-16-9-5-8-15(18)12-16/h2-9,12H,10-11,13,18H2,1H3,(H,19,21). The van der Waals surface area contributed by atoms with Crippen molar-refractivity contribution < 1.29 is 4.79 Å². The Morgan fingerprint density at radius 3 is 2.62 bits per heavy atom. The minimum absolute atomic E-state index is 0.000474. The number of nitrogens with zero attached hydrogens (tertiary/aromatic N) is 1. The van der Waals surface area contributed by atoms with E-state index in [4.69, 9.17) is 5.73 Å². The van der Waals surface area contributed by atoms with Crippen molar-refractivity contribution in [1.29, 1.82) is 0 Å². The normalized spacial score (nSPS) is 10.6. The molecule has 0 unspecified atom stereocenters. The first-order valence-corrected chi connectivity index (χ1v) is 7.01. The van der Waals surface area contributed by atoms with Gasteiger partial charge in [0, 0.05) is 30.9 Å².